The Balaban J connectivity index is 1.80. The summed E-state index contributed by atoms with van der Waals surface area (Å²) in [6.07, 6.45) is 13.1. The second-order valence-corrected chi connectivity index (χ2v) is 5.39. The van der Waals surface area contributed by atoms with Crippen LogP contribution < -0.4 is 0 Å². The van der Waals surface area contributed by atoms with Crippen LogP contribution in [-0.2, 0) is 6.42 Å². The van der Waals surface area contributed by atoms with Gasteiger partial charge < -0.3 is 4.98 Å². The lowest BCUT2D eigenvalue weighted by atomic mass is 9.85. The summed E-state index contributed by atoms with van der Waals surface area (Å²) in [6.45, 7) is 0. The second-order valence-electron chi connectivity index (χ2n) is 5.39. The third-order valence-electron chi connectivity index (χ3n) is 4.03. The summed E-state index contributed by atoms with van der Waals surface area (Å²) in [6, 6.07) is 6.71. The molecule has 2 heterocycles. The first kappa shape index (κ1) is 12.1. The molecule has 0 radical (unpaired) electrons. The van der Waals surface area contributed by atoms with Gasteiger partial charge in [0.15, 0.2) is 0 Å². The van der Waals surface area contributed by atoms with E-state index in [1.807, 2.05) is 18.6 Å². The van der Waals surface area contributed by atoms with E-state index in [0.717, 1.165) is 24.1 Å². The largest absolute Gasteiger partial charge is 0.345 e. The number of imidazole rings is 1. The number of allylic oxidation sites excluding steroid dienone is 1. The van der Waals surface area contributed by atoms with E-state index in [9.17, 15) is 0 Å². The third kappa shape index (κ3) is 2.29. The number of nitrogens with one attached hydrogen (secondary N) is 2. The lowest BCUT2D eigenvalue weighted by molar-refractivity contribution is 0.824. The lowest BCUT2D eigenvalue weighted by Gasteiger charge is -2.20. The molecular formula is C17H16N4. The number of rotatable bonds is 2. The number of benzene rings is 1. The van der Waals surface area contributed by atoms with Crippen molar-refractivity contribution >= 4 is 11.6 Å². The van der Waals surface area contributed by atoms with Crippen LogP contribution in [0.4, 0.5) is 0 Å². The molecule has 4 rings (SSSR count). The predicted molar refractivity (Wildman–Crippen MR) is 83.4 cm³/mol. The number of aryl methyl sites for hydroxylation is 1. The van der Waals surface area contributed by atoms with Crippen LogP contribution >= 0.6 is 0 Å². The van der Waals surface area contributed by atoms with Gasteiger partial charge >= 0.3 is 0 Å². The number of fused-ring (bicyclic) bond motifs is 1. The summed E-state index contributed by atoms with van der Waals surface area (Å²) in [4.78, 5) is 7.24. The number of hydrogen-bond donors (Lipinski definition) is 2. The van der Waals surface area contributed by atoms with Crippen molar-refractivity contribution in [1.82, 2.24) is 20.2 Å². The Morgan fingerprint density at radius 2 is 2.10 bits per heavy atom. The summed E-state index contributed by atoms with van der Waals surface area (Å²) >= 11 is 0. The highest BCUT2D eigenvalue weighted by Crippen LogP contribution is 2.34. The highest BCUT2D eigenvalue weighted by atomic mass is 15.1. The van der Waals surface area contributed by atoms with Gasteiger partial charge in [-0.2, -0.15) is 5.10 Å². The van der Waals surface area contributed by atoms with E-state index in [0.29, 0.717) is 0 Å². The molecule has 0 amide bonds. The molecule has 2 aromatic heterocycles. The maximum absolute atomic E-state index is 4.09. The maximum atomic E-state index is 4.09. The van der Waals surface area contributed by atoms with Gasteiger partial charge in [0.25, 0.3) is 0 Å². The summed E-state index contributed by atoms with van der Waals surface area (Å²) < 4.78 is 0. The van der Waals surface area contributed by atoms with E-state index in [-0.39, 0.29) is 0 Å². The van der Waals surface area contributed by atoms with E-state index >= 15 is 0 Å². The van der Waals surface area contributed by atoms with E-state index in [1.165, 1.54) is 28.7 Å². The predicted octanol–water partition coefficient (Wildman–Crippen LogP) is 3.68. The molecule has 4 heteroatoms. The Hall–Kier alpha value is -2.62. The molecule has 4 nitrogen and oxygen atoms in total. The van der Waals surface area contributed by atoms with Crippen molar-refractivity contribution in [3.05, 3.63) is 59.9 Å². The zero-order valence-corrected chi connectivity index (χ0v) is 11.6. The van der Waals surface area contributed by atoms with Crippen LogP contribution in [0.5, 0.6) is 0 Å². The highest BCUT2D eigenvalue weighted by Gasteiger charge is 2.15. The Labute approximate surface area is 123 Å². The maximum Gasteiger partial charge on any atom is 0.0924 e. The fourth-order valence-electron chi connectivity index (χ4n) is 2.97. The molecule has 1 aliphatic carbocycles. The van der Waals surface area contributed by atoms with Crippen molar-refractivity contribution in [2.24, 2.45) is 0 Å². The molecule has 0 saturated heterocycles. The highest BCUT2D eigenvalue weighted by molar-refractivity contribution is 5.84. The number of nitrogens with zero attached hydrogens (tertiary/aromatic N) is 2. The van der Waals surface area contributed by atoms with E-state index < -0.39 is 0 Å². The van der Waals surface area contributed by atoms with Crippen molar-refractivity contribution in [1.29, 1.82) is 0 Å². The minimum atomic E-state index is 1.06. The van der Waals surface area contributed by atoms with Gasteiger partial charge in [-0.05, 0) is 53.7 Å². The molecule has 0 fully saturated rings. The van der Waals surface area contributed by atoms with Crippen LogP contribution in [0.1, 0.15) is 29.7 Å². The smallest absolute Gasteiger partial charge is 0.0924 e. The van der Waals surface area contributed by atoms with Crippen LogP contribution in [0.25, 0.3) is 22.8 Å². The Kier molecular flexibility index (Phi) is 2.92. The molecular weight excluding hydrogens is 260 g/mol. The summed E-state index contributed by atoms with van der Waals surface area (Å²) in [5.41, 5.74) is 7.57. The summed E-state index contributed by atoms with van der Waals surface area (Å²) in [7, 11) is 0. The standard InChI is InChI=1S/C17H16N4/c1-2-12-4-5-13(15-8-20-21-9-15)7-17(12)14(3-1)6-16-10-18-11-19-16/h4-11H,1-3H2,(H,18,19)(H,20,21). The van der Waals surface area contributed by atoms with Crippen molar-refractivity contribution in [3.8, 4) is 11.1 Å². The summed E-state index contributed by atoms with van der Waals surface area (Å²) in [5.74, 6) is 0. The zero-order valence-electron chi connectivity index (χ0n) is 11.6. The molecule has 0 atom stereocenters. The third-order valence-corrected chi connectivity index (χ3v) is 4.03. The van der Waals surface area contributed by atoms with Gasteiger partial charge in [-0.15, -0.1) is 0 Å². The van der Waals surface area contributed by atoms with Crippen LogP contribution in [0.15, 0.2) is 43.1 Å². The van der Waals surface area contributed by atoms with Crippen LogP contribution in [0.2, 0.25) is 0 Å². The molecule has 0 aliphatic heterocycles. The number of aromatic amines is 2. The lowest BCUT2D eigenvalue weighted by Crippen LogP contribution is -2.02. The first-order valence-electron chi connectivity index (χ1n) is 7.21. The van der Waals surface area contributed by atoms with Gasteiger partial charge in [-0.1, -0.05) is 12.1 Å². The normalized spacial score (nSPS) is 16.1. The van der Waals surface area contributed by atoms with Gasteiger partial charge in [0.2, 0.25) is 0 Å². The van der Waals surface area contributed by atoms with Crippen LogP contribution in [0, 0.1) is 0 Å². The van der Waals surface area contributed by atoms with Crippen molar-refractivity contribution in [2.45, 2.75) is 19.3 Å². The van der Waals surface area contributed by atoms with E-state index in [1.54, 1.807) is 6.33 Å². The first-order valence-corrected chi connectivity index (χ1v) is 7.21. The van der Waals surface area contributed by atoms with Crippen LogP contribution in [0.3, 0.4) is 0 Å². The fraction of sp³-hybridized carbons (Fsp3) is 0.176. The molecule has 104 valence electrons. The van der Waals surface area contributed by atoms with Crippen LogP contribution in [-0.4, -0.2) is 20.2 Å². The molecule has 1 aromatic carbocycles. The fourth-order valence-corrected chi connectivity index (χ4v) is 2.97. The average Bonchev–Trinajstić information content (AvgIpc) is 3.21. The Morgan fingerprint density at radius 3 is 2.90 bits per heavy atom. The average molecular weight is 276 g/mol. The topological polar surface area (TPSA) is 57.4 Å². The number of hydrogen-bond acceptors (Lipinski definition) is 2. The molecule has 3 aromatic rings. The molecule has 0 unspecified atom stereocenters. The van der Waals surface area contributed by atoms with Crippen molar-refractivity contribution in [3.63, 3.8) is 0 Å². The summed E-state index contributed by atoms with van der Waals surface area (Å²) in [5, 5.41) is 6.92. The quantitative estimate of drug-likeness (QED) is 0.750. The van der Waals surface area contributed by atoms with E-state index in [4.69, 9.17) is 0 Å². The van der Waals surface area contributed by atoms with Gasteiger partial charge in [-0.3, -0.25) is 5.10 Å². The molecule has 21 heavy (non-hydrogen) atoms. The molecule has 0 spiro atoms. The van der Waals surface area contributed by atoms with Crippen molar-refractivity contribution in [2.75, 3.05) is 0 Å². The first-order chi connectivity index (χ1) is 10.4. The van der Waals surface area contributed by atoms with Gasteiger partial charge in [0.05, 0.1) is 24.4 Å². The molecule has 1 aliphatic rings. The van der Waals surface area contributed by atoms with E-state index in [2.05, 4.69) is 44.4 Å². The van der Waals surface area contributed by atoms with Gasteiger partial charge in [0.1, 0.15) is 0 Å². The monoisotopic (exact) mass is 276 g/mol. The Morgan fingerprint density at radius 1 is 1.10 bits per heavy atom. The SMILES string of the molecule is C(=C1CCCc2ccc(-c3cn[nH]c3)cc21)c1cnc[nH]1. The van der Waals surface area contributed by atoms with Crippen molar-refractivity contribution < 1.29 is 0 Å². The van der Waals surface area contributed by atoms with Gasteiger partial charge in [0, 0.05) is 11.8 Å². The number of aromatic nitrogens is 4. The van der Waals surface area contributed by atoms with Gasteiger partial charge in [-0.25, -0.2) is 4.98 Å². The Bertz CT molecular complexity index is 767. The molecule has 0 bridgehead atoms. The minimum absolute atomic E-state index is 1.06. The number of H-pyrrole nitrogens is 2. The minimum Gasteiger partial charge on any atom is -0.345 e. The molecule has 0 saturated carbocycles. The second kappa shape index (κ2) is 5.05. The molecule has 2 N–H and O–H groups in total. The zero-order chi connectivity index (χ0) is 14.1.